The van der Waals surface area contributed by atoms with Gasteiger partial charge in [-0.05, 0) is 57.7 Å². The molecule has 3 heterocycles. The van der Waals surface area contributed by atoms with Crippen molar-refractivity contribution in [3.63, 3.8) is 0 Å². The van der Waals surface area contributed by atoms with Crippen LogP contribution in [-0.2, 0) is 23.9 Å². The number of piperazine rings is 1. The topological polar surface area (TPSA) is 188 Å². The van der Waals surface area contributed by atoms with E-state index in [1.807, 2.05) is 0 Å². The first-order valence-electron chi connectivity index (χ1n) is 16.0. The summed E-state index contributed by atoms with van der Waals surface area (Å²) in [5.41, 5.74) is 0.152. The average Bonchev–Trinajstić information content (AvgIpc) is 3.57. The van der Waals surface area contributed by atoms with E-state index in [1.165, 1.54) is 39.8 Å². The summed E-state index contributed by atoms with van der Waals surface area (Å²) in [6.07, 6.45) is 0.0277. The molecule has 2 fully saturated rings. The number of hydrogen-bond acceptors (Lipinski definition) is 9. The Hall–Kier alpha value is -5.02. The van der Waals surface area contributed by atoms with Gasteiger partial charge in [0.2, 0.25) is 11.8 Å². The van der Waals surface area contributed by atoms with Crippen molar-refractivity contribution in [2.45, 2.75) is 58.5 Å². The Bertz CT molecular complexity index is 1560. The Kier molecular flexibility index (Phi) is 12.1. The van der Waals surface area contributed by atoms with Crippen LogP contribution in [0.25, 0.3) is 10.9 Å². The van der Waals surface area contributed by atoms with E-state index in [0.29, 0.717) is 25.9 Å². The van der Waals surface area contributed by atoms with Gasteiger partial charge in [0.15, 0.2) is 6.61 Å². The van der Waals surface area contributed by atoms with Crippen LogP contribution in [-0.4, -0.2) is 125 Å². The van der Waals surface area contributed by atoms with Crippen molar-refractivity contribution in [2.75, 3.05) is 52.5 Å². The van der Waals surface area contributed by atoms with E-state index in [9.17, 15) is 38.3 Å². The highest BCUT2D eigenvalue weighted by molar-refractivity contribution is 6.00. The molecule has 1 aromatic carbocycles. The lowest BCUT2D eigenvalue weighted by molar-refractivity contribution is -0.139. The number of ether oxygens (including phenoxy) is 2. The third kappa shape index (κ3) is 8.46. The first kappa shape index (κ1) is 35.8. The highest BCUT2D eigenvalue weighted by Gasteiger charge is 2.35. The first-order chi connectivity index (χ1) is 22.9. The maximum absolute atomic E-state index is 14.6. The molecule has 2 atom stereocenters. The van der Waals surface area contributed by atoms with Gasteiger partial charge >= 0.3 is 12.1 Å². The standard InChI is InChI=1S/C32H41FN6O9/c1-4-34-30(44)24-7-6-12-39(24)26(40)18-48-25-17-23(35-21-9-8-20(33)19(3)28(21)25)29(43)36-22(10-11-27(41)42)31(45)37-13-15-38(16-14-37)32(46)47-5-2/h8-9,17,22,24H,4-7,10-16,18H2,1-3H3,(H,34,44)(H,36,43)(H,41,42)/t22-,24-/m0/s1. The zero-order valence-corrected chi connectivity index (χ0v) is 27.3. The molecule has 0 bridgehead atoms. The Morgan fingerprint density at radius 3 is 2.44 bits per heavy atom. The highest BCUT2D eigenvalue weighted by Crippen LogP contribution is 2.31. The minimum atomic E-state index is -1.23. The third-order valence-corrected chi connectivity index (χ3v) is 8.31. The number of fused-ring (bicyclic) bond motifs is 1. The number of halogens is 1. The lowest BCUT2D eigenvalue weighted by atomic mass is 10.1. The molecule has 0 aliphatic carbocycles. The molecule has 2 aromatic rings. The van der Waals surface area contributed by atoms with Crippen LogP contribution < -0.4 is 15.4 Å². The van der Waals surface area contributed by atoms with Gasteiger partial charge in [0.05, 0.1) is 12.1 Å². The summed E-state index contributed by atoms with van der Waals surface area (Å²) in [5.74, 6) is -3.80. The van der Waals surface area contributed by atoms with Crippen LogP contribution in [0.4, 0.5) is 9.18 Å². The summed E-state index contributed by atoms with van der Waals surface area (Å²) in [5, 5.41) is 14.9. The predicted molar refractivity (Wildman–Crippen MR) is 169 cm³/mol. The number of likely N-dealkylation sites (tertiary alicyclic amines) is 1. The lowest BCUT2D eigenvalue weighted by Crippen LogP contribution is -2.56. The number of likely N-dealkylation sites (N-methyl/N-ethyl adjacent to an activating group) is 1. The SMILES string of the molecule is CCNC(=O)[C@@H]1CCCN1C(=O)COc1cc(C(=O)N[C@@H](CCC(=O)O)C(=O)N2CCN(C(=O)OCC)CC2)nc2ccc(F)c(C)c12. The van der Waals surface area contributed by atoms with Gasteiger partial charge in [-0.15, -0.1) is 0 Å². The number of benzene rings is 1. The Labute approximate surface area is 276 Å². The zero-order valence-electron chi connectivity index (χ0n) is 27.3. The summed E-state index contributed by atoms with van der Waals surface area (Å²) in [6.45, 7) is 6.17. The van der Waals surface area contributed by atoms with Crippen LogP contribution >= 0.6 is 0 Å². The van der Waals surface area contributed by atoms with E-state index < -0.39 is 60.7 Å². The number of nitrogens with zero attached hydrogens (tertiary/aromatic N) is 4. The first-order valence-corrected chi connectivity index (χ1v) is 16.0. The number of carbonyl (C=O) groups excluding carboxylic acids is 5. The van der Waals surface area contributed by atoms with E-state index in [-0.39, 0.29) is 73.0 Å². The number of aryl methyl sites for hydroxylation is 1. The van der Waals surface area contributed by atoms with Gasteiger partial charge in [0.25, 0.3) is 11.8 Å². The van der Waals surface area contributed by atoms with Gasteiger partial charge in [0.1, 0.15) is 29.3 Å². The molecule has 3 N–H and O–H groups in total. The fourth-order valence-corrected chi connectivity index (χ4v) is 5.82. The third-order valence-electron chi connectivity index (χ3n) is 8.31. The van der Waals surface area contributed by atoms with Gasteiger partial charge in [-0.25, -0.2) is 14.2 Å². The fraction of sp³-hybridized carbons (Fsp3) is 0.531. The molecular formula is C32H41FN6O9. The normalized spacial score (nSPS) is 16.8. The largest absolute Gasteiger partial charge is 0.483 e. The molecule has 16 heteroatoms. The molecule has 4 rings (SSSR count). The number of amides is 5. The van der Waals surface area contributed by atoms with Crippen molar-refractivity contribution in [2.24, 2.45) is 0 Å². The number of nitrogens with one attached hydrogen (secondary N) is 2. The second-order valence-electron chi connectivity index (χ2n) is 11.5. The van der Waals surface area contributed by atoms with Crippen LogP contribution in [0, 0.1) is 12.7 Å². The van der Waals surface area contributed by atoms with E-state index in [0.717, 1.165) is 0 Å². The van der Waals surface area contributed by atoms with Crippen molar-refractivity contribution >= 4 is 46.6 Å². The molecule has 0 spiro atoms. The summed E-state index contributed by atoms with van der Waals surface area (Å²) in [4.78, 5) is 84.8. The van der Waals surface area contributed by atoms with Gasteiger partial charge in [-0.1, -0.05) is 0 Å². The van der Waals surface area contributed by atoms with E-state index in [1.54, 1.807) is 13.8 Å². The minimum Gasteiger partial charge on any atom is -0.483 e. The molecule has 260 valence electrons. The zero-order chi connectivity index (χ0) is 35.0. The monoisotopic (exact) mass is 672 g/mol. The average molecular weight is 673 g/mol. The molecular weight excluding hydrogens is 631 g/mol. The van der Waals surface area contributed by atoms with Crippen LogP contribution in [0.2, 0.25) is 0 Å². The van der Waals surface area contributed by atoms with E-state index in [4.69, 9.17) is 9.47 Å². The van der Waals surface area contributed by atoms with Crippen molar-refractivity contribution in [3.05, 3.63) is 35.3 Å². The Morgan fingerprint density at radius 2 is 1.77 bits per heavy atom. The Morgan fingerprint density at radius 1 is 1.06 bits per heavy atom. The second kappa shape index (κ2) is 16.2. The molecule has 0 saturated carbocycles. The molecule has 48 heavy (non-hydrogen) atoms. The van der Waals surface area contributed by atoms with Crippen molar-refractivity contribution in [3.8, 4) is 5.75 Å². The fourth-order valence-electron chi connectivity index (χ4n) is 5.82. The van der Waals surface area contributed by atoms with Gasteiger partial charge in [-0.2, -0.15) is 0 Å². The van der Waals surface area contributed by atoms with Gasteiger partial charge < -0.3 is 39.9 Å². The molecule has 2 aliphatic rings. The summed E-state index contributed by atoms with van der Waals surface area (Å²) in [6, 6.07) is 1.90. The molecule has 2 aliphatic heterocycles. The van der Waals surface area contributed by atoms with Gasteiger partial charge in [0, 0.05) is 57.1 Å². The minimum absolute atomic E-state index is 0.00671. The van der Waals surface area contributed by atoms with Gasteiger partial charge in [-0.3, -0.25) is 24.0 Å². The maximum atomic E-state index is 14.6. The van der Waals surface area contributed by atoms with Crippen molar-refractivity contribution < 1.29 is 47.7 Å². The molecule has 5 amide bonds. The summed E-state index contributed by atoms with van der Waals surface area (Å²) >= 11 is 0. The number of hydrogen-bond donors (Lipinski definition) is 3. The van der Waals surface area contributed by atoms with Crippen LogP contribution in [0.3, 0.4) is 0 Å². The van der Waals surface area contributed by atoms with E-state index in [2.05, 4.69) is 15.6 Å². The number of aromatic nitrogens is 1. The molecule has 1 aromatic heterocycles. The summed E-state index contributed by atoms with van der Waals surface area (Å²) in [7, 11) is 0. The Balaban J connectivity index is 1.55. The number of rotatable bonds is 12. The number of carboxylic acids is 1. The number of carboxylic acid groups (broad SMARTS) is 1. The van der Waals surface area contributed by atoms with Crippen LogP contribution in [0.5, 0.6) is 5.75 Å². The second-order valence-corrected chi connectivity index (χ2v) is 11.5. The maximum Gasteiger partial charge on any atom is 0.409 e. The van der Waals surface area contributed by atoms with Crippen LogP contribution in [0.15, 0.2) is 18.2 Å². The molecule has 15 nitrogen and oxygen atoms in total. The lowest BCUT2D eigenvalue weighted by Gasteiger charge is -2.35. The molecule has 0 unspecified atom stereocenters. The number of pyridine rings is 1. The molecule has 0 radical (unpaired) electrons. The van der Waals surface area contributed by atoms with Crippen molar-refractivity contribution in [1.29, 1.82) is 0 Å². The van der Waals surface area contributed by atoms with Crippen molar-refractivity contribution in [1.82, 2.24) is 30.3 Å². The van der Waals surface area contributed by atoms with E-state index >= 15 is 0 Å². The van der Waals surface area contributed by atoms with Crippen LogP contribution in [0.1, 0.15) is 55.6 Å². The summed E-state index contributed by atoms with van der Waals surface area (Å²) < 4.78 is 25.5. The number of aliphatic carboxylic acids is 1. The smallest absolute Gasteiger partial charge is 0.409 e. The quantitative estimate of drug-likeness (QED) is 0.298. The highest BCUT2D eigenvalue weighted by atomic mass is 19.1. The molecule has 2 saturated heterocycles. The number of carbonyl (C=O) groups is 6. The predicted octanol–water partition coefficient (Wildman–Crippen LogP) is 1.45.